The number of carbonyl (C=O) groups is 1. The molecular weight excluding hydrogens is 230 g/mol. The summed E-state index contributed by atoms with van der Waals surface area (Å²) < 4.78 is 30.5. The molecule has 0 aliphatic carbocycles. The molecule has 1 aromatic rings. The second kappa shape index (κ2) is 4.96. The third-order valence-corrected chi connectivity index (χ3v) is 3.23. The molecule has 1 atom stereocenters. The van der Waals surface area contributed by atoms with Crippen LogP contribution in [-0.2, 0) is 10.0 Å². The zero-order valence-corrected chi connectivity index (χ0v) is 9.45. The van der Waals surface area contributed by atoms with Crippen LogP contribution in [0.25, 0.3) is 0 Å². The lowest BCUT2D eigenvalue weighted by Crippen LogP contribution is -2.32. The van der Waals surface area contributed by atoms with Crippen molar-refractivity contribution in [1.29, 1.82) is 0 Å². The van der Waals surface area contributed by atoms with E-state index in [1.54, 1.807) is 6.92 Å². The fourth-order valence-corrected chi connectivity index (χ4v) is 2.27. The third-order valence-electron chi connectivity index (χ3n) is 1.76. The molecule has 86 valence electrons. The molecular formula is C10H11NO4S. The number of terminal acetylenes is 1. The smallest absolute Gasteiger partial charge is 0.274 e. The van der Waals surface area contributed by atoms with Crippen LogP contribution < -0.4 is 4.72 Å². The Bertz CT molecular complexity index is 509. The van der Waals surface area contributed by atoms with E-state index in [-0.39, 0.29) is 23.3 Å². The Morgan fingerprint density at radius 3 is 2.81 bits per heavy atom. The molecule has 0 aromatic carbocycles. The van der Waals surface area contributed by atoms with Gasteiger partial charge in [0.25, 0.3) is 10.0 Å². The molecule has 0 aliphatic rings. The van der Waals surface area contributed by atoms with E-state index in [2.05, 4.69) is 10.6 Å². The van der Waals surface area contributed by atoms with E-state index >= 15 is 0 Å². The van der Waals surface area contributed by atoms with E-state index in [1.807, 2.05) is 0 Å². The van der Waals surface area contributed by atoms with Gasteiger partial charge in [0.15, 0.2) is 12.0 Å². The molecule has 1 rings (SSSR count). The van der Waals surface area contributed by atoms with Gasteiger partial charge in [0.05, 0.1) is 0 Å². The van der Waals surface area contributed by atoms with Gasteiger partial charge in [-0.1, -0.05) is 0 Å². The van der Waals surface area contributed by atoms with E-state index in [4.69, 9.17) is 10.8 Å². The normalized spacial score (nSPS) is 13.0. The quantitative estimate of drug-likeness (QED) is 0.610. The Hall–Kier alpha value is -1.58. The van der Waals surface area contributed by atoms with Gasteiger partial charge in [0.2, 0.25) is 5.09 Å². The van der Waals surface area contributed by atoms with Crippen molar-refractivity contribution in [2.24, 2.45) is 0 Å². The van der Waals surface area contributed by atoms with E-state index in [0.29, 0.717) is 6.29 Å². The Morgan fingerprint density at radius 1 is 1.62 bits per heavy atom. The van der Waals surface area contributed by atoms with Gasteiger partial charge in [-0.3, -0.25) is 4.79 Å². The SMILES string of the molecule is C#CCC(C)NS(=O)(=O)c1ccc(C=O)o1. The first-order valence-electron chi connectivity index (χ1n) is 4.50. The average molecular weight is 241 g/mol. The highest BCUT2D eigenvalue weighted by Gasteiger charge is 2.20. The second-order valence-corrected chi connectivity index (χ2v) is 4.85. The topological polar surface area (TPSA) is 76.4 Å². The van der Waals surface area contributed by atoms with E-state index < -0.39 is 10.0 Å². The standard InChI is InChI=1S/C10H11NO4S/c1-3-4-8(2)11-16(13,14)10-6-5-9(7-12)15-10/h1,5-8,11H,4H2,2H3. The van der Waals surface area contributed by atoms with Crippen LogP contribution in [0, 0.1) is 12.3 Å². The minimum absolute atomic E-state index is 0.0371. The van der Waals surface area contributed by atoms with Gasteiger partial charge in [-0.05, 0) is 19.1 Å². The zero-order chi connectivity index (χ0) is 12.2. The van der Waals surface area contributed by atoms with Crippen LogP contribution in [-0.4, -0.2) is 20.7 Å². The molecule has 5 nitrogen and oxygen atoms in total. The van der Waals surface area contributed by atoms with Crippen molar-refractivity contribution in [3.05, 3.63) is 17.9 Å². The van der Waals surface area contributed by atoms with Gasteiger partial charge in [-0.15, -0.1) is 12.3 Å². The molecule has 0 spiro atoms. The number of hydrogen-bond donors (Lipinski definition) is 1. The fraction of sp³-hybridized carbons (Fsp3) is 0.300. The zero-order valence-electron chi connectivity index (χ0n) is 8.64. The molecule has 0 fully saturated rings. The highest BCUT2D eigenvalue weighted by atomic mass is 32.2. The summed E-state index contributed by atoms with van der Waals surface area (Å²) in [6.07, 6.45) is 5.77. The monoisotopic (exact) mass is 241 g/mol. The Labute approximate surface area is 93.9 Å². The van der Waals surface area contributed by atoms with Crippen molar-refractivity contribution in [3.8, 4) is 12.3 Å². The molecule has 6 heteroatoms. The van der Waals surface area contributed by atoms with Crippen molar-refractivity contribution in [1.82, 2.24) is 4.72 Å². The molecule has 0 bridgehead atoms. The molecule has 16 heavy (non-hydrogen) atoms. The summed E-state index contributed by atoms with van der Waals surface area (Å²) in [5.41, 5.74) is 0. The van der Waals surface area contributed by atoms with Crippen LogP contribution in [0.3, 0.4) is 0 Å². The van der Waals surface area contributed by atoms with Crippen LogP contribution in [0.2, 0.25) is 0 Å². The molecule has 0 saturated heterocycles. The minimum Gasteiger partial charge on any atom is -0.440 e. The van der Waals surface area contributed by atoms with E-state index in [1.165, 1.54) is 12.1 Å². The lowest BCUT2D eigenvalue weighted by molar-refractivity contribution is 0.109. The molecule has 0 aliphatic heterocycles. The number of sulfonamides is 1. The summed E-state index contributed by atoms with van der Waals surface area (Å²) in [4.78, 5) is 10.3. The van der Waals surface area contributed by atoms with Crippen LogP contribution in [0.5, 0.6) is 0 Å². The summed E-state index contributed by atoms with van der Waals surface area (Å²) in [5.74, 6) is 2.31. The molecule has 0 radical (unpaired) electrons. The minimum atomic E-state index is -3.74. The first kappa shape index (κ1) is 12.5. The second-order valence-electron chi connectivity index (χ2n) is 3.21. The van der Waals surface area contributed by atoms with Crippen LogP contribution in [0.4, 0.5) is 0 Å². The summed E-state index contributed by atoms with van der Waals surface area (Å²) in [6.45, 7) is 1.64. The number of hydrogen-bond acceptors (Lipinski definition) is 4. The van der Waals surface area contributed by atoms with Crippen LogP contribution in [0.15, 0.2) is 21.6 Å². The summed E-state index contributed by atoms with van der Waals surface area (Å²) in [5, 5.41) is -0.293. The van der Waals surface area contributed by atoms with Crippen molar-refractivity contribution in [3.63, 3.8) is 0 Å². The summed E-state index contributed by atoms with van der Waals surface area (Å²) in [7, 11) is -3.74. The van der Waals surface area contributed by atoms with Gasteiger partial charge in [-0.2, -0.15) is 0 Å². The Balaban J connectivity index is 2.86. The van der Waals surface area contributed by atoms with Crippen LogP contribution in [0.1, 0.15) is 23.9 Å². The Kier molecular flexibility index (Phi) is 3.88. The highest BCUT2D eigenvalue weighted by molar-refractivity contribution is 7.89. The van der Waals surface area contributed by atoms with Crippen molar-refractivity contribution in [2.75, 3.05) is 0 Å². The predicted molar refractivity (Wildman–Crippen MR) is 57.3 cm³/mol. The summed E-state index contributed by atoms with van der Waals surface area (Å²) >= 11 is 0. The maximum absolute atomic E-state index is 11.7. The first-order valence-corrected chi connectivity index (χ1v) is 5.98. The highest BCUT2D eigenvalue weighted by Crippen LogP contribution is 2.13. The Morgan fingerprint density at radius 2 is 2.31 bits per heavy atom. The van der Waals surface area contributed by atoms with Crippen molar-refractivity contribution >= 4 is 16.3 Å². The number of rotatable bonds is 5. The van der Waals surface area contributed by atoms with Gasteiger partial charge >= 0.3 is 0 Å². The fourth-order valence-electron chi connectivity index (χ4n) is 1.08. The van der Waals surface area contributed by atoms with E-state index in [0.717, 1.165) is 0 Å². The van der Waals surface area contributed by atoms with Crippen molar-refractivity contribution < 1.29 is 17.6 Å². The molecule has 1 unspecified atom stereocenters. The largest absolute Gasteiger partial charge is 0.440 e. The molecule has 1 N–H and O–H groups in total. The lowest BCUT2D eigenvalue weighted by atomic mass is 10.3. The summed E-state index contributed by atoms with van der Waals surface area (Å²) in [6, 6.07) is 2.11. The number of furan rings is 1. The first-order chi connectivity index (χ1) is 7.49. The van der Waals surface area contributed by atoms with Crippen molar-refractivity contribution in [2.45, 2.75) is 24.5 Å². The number of nitrogens with one attached hydrogen (secondary N) is 1. The molecule has 0 saturated carbocycles. The van der Waals surface area contributed by atoms with Gasteiger partial charge in [0.1, 0.15) is 0 Å². The maximum atomic E-state index is 11.7. The number of aldehydes is 1. The van der Waals surface area contributed by atoms with Gasteiger partial charge < -0.3 is 4.42 Å². The van der Waals surface area contributed by atoms with Gasteiger partial charge in [-0.25, -0.2) is 13.1 Å². The van der Waals surface area contributed by atoms with Crippen LogP contribution >= 0.6 is 0 Å². The molecule has 1 aromatic heterocycles. The third kappa shape index (κ3) is 2.95. The maximum Gasteiger partial charge on any atom is 0.274 e. The lowest BCUT2D eigenvalue weighted by Gasteiger charge is -2.09. The van der Waals surface area contributed by atoms with E-state index in [9.17, 15) is 13.2 Å². The molecule has 0 amide bonds. The molecule has 1 heterocycles. The average Bonchev–Trinajstić information content (AvgIpc) is 2.65. The van der Waals surface area contributed by atoms with Gasteiger partial charge in [0, 0.05) is 12.5 Å². The number of carbonyl (C=O) groups excluding carboxylic acids is 1. The predicted octanol–water partition coefficient (Wildman–Crippen LogP) is 0.782.